The van der Waals surface area contributed by atoms with Crippen LogP contribution in [0.25, 0.3) is 0 Å². The maximum Gasteiger partial charge on any atom is 0.260 e. The molecule has 2 amide bonds. The number of thiazole rings is 1. The van der Waals surface area contributed by atoms with E-state index in [1.165, 1.54) is 28.2 Å². The lowest BCUT2D eigenvalue weighted by molar-refractivity contribution is -0.134. The minimum Gasteiger partial charge on any atom is -0.484 e. The second kappa shape index (κ2) is 8.97. The first-order valence-electron chi connectivity index (χ1n) is 9.82. The molecule has 30 heavy (non-hydrogen) atoms. The molecule has 0 saturated heterocycles. The second-order valence-electron chi connectivity index (χ2n) is 7.43. The zero-order valence-corrected chi connectivity index (χ0v) is 18.5. The Bertz CT molecular complexity index is 1030. The number of thiophene rings is 1. The van der Waals surface area contributed by atoms with E-state index in [2.05, 4.69) is 24.1 Å². The average Bonchev–Trinajstić information content (AvgIpc) is 3.41. The van der Waals surface area contributed by atoms with Crippen LogP contribution in [0, 0.1) is 0 Å². The maximum atomic E-state index is 12.6. The Hall–Kier alpha value is -2.71. The van der Waals surface area contributed by atoms with Gasteiger partial charge in [0.25, 0.3) is 11.8 Å². The van der Waals surface area contributed by atoms with E-state index in [1.54, 1.807) is 16.3 Å². The molecule has 4 rings (SSSR count). The predicted octanol–water partition coefficient (Wildman–Crippen LogP) is 4.54. The molecular weight excluding hydrogens is 418 g/mol. The molecule has 0 radical (unpaired) electrons. The van der Waals surface area contributed by atoms with E-state index in [0.717, 1.165) is 10.6 Å². The minimum absolute atomic E-state index is 0.0108. The van der Waals surface area contributed by atoms with Crippen molar-refractivity contribution >= 4 is 39.6 Å². The van der Waals surface area contributed by atoms with Gasteiger partial charge in [0.05, 0.1) is 17.8 Å². The largest absolute Gasteiger partial charge is 0.484 e. The molecule has 2 aromatic heterocycles. The summed E-state index contributed by atoms with van der Waals surface area (Å²) in [5.41, 5.74) is 2.82. The van der Waals surface area contributed by atoms with Crippen LogP contribution >= 0.6 is 22.7 Å². The summed E-state index contributed by atoms with van der Waals surface area (Å²) in [4.78, 5) is 32.2. The van der Waals surface area contributed by atoms with Gasteiger partial charge >= 0.3 is 0 Å². The Balaban J connectivity index is 1.32. The molecule has 3 aromatic rings. The van der Waals surface area contributed by atoms with Crippen molar-refractivity contribution in [3.8, 4) is 5.75 Å². The monoisotopic (exact) mass is 441 g/mol. The zero-order chi connectivity index (χ0) is 21.1. The number of fused-ring (bicyclic) bond motifs is 1. The zero-order valence-electron chi connectivity index (χ0n) is 16.9. The average molecular weight is 442 g/mol. The molecule has 0 unspecified atom stereocenters. The molecule has 3 heterocycles. The van der Waals surface area contributed by atoms with Gasteiger partial charge in [-0.1, -0.05) is 37.3 Å². The van der Waals surface area contributed by atoms with Crippen LogP contribution in [0.2, 0.25) is 0 Å². The lowest BCUT2D eigenvalue weighted by Crippen LogP contribution is -2.38. The van der Waals surface area contributed by atoms with Gasteiger partial charge in [-0.25, -0.2) is 4.98 Å². The van der Waals surface area contributed by atoms with Crippen LogP contribution in [0.4, 0.5) is 5.13 Å². The molecule has 0 saturated carbocycles. The summed E-state index contributed by atoms with van der Waals surface area (Å²) in [6.07, 6.45) is 0.676. The van der Waals surface area contributed by atoms with Crippen LogP contribution in [0.5, 0.6) is 5.75 Å². The van der Waals surface area contributed by atoms with E-state index in [9.17, 15) is 9.59 Å². The number of carbonyl (C=O) groups excluding carboxylic acids is 2. The summed E-state index contributed by atoms with van der Waals surface area (Å²) in [7, 11) is 0. The van der Waals surface area contributed by atoms with Gasteiger partial charge in [-0.05, 0) is 35.1 Å². The van der Waals surface area contributed by atoms with E-state index < -0.39 is 0 Å². The van der Waals surface area contributed by atoms with E-state index in [-0.39, 0.29) is 18.4 Å². The lowest BCUT2D eigenvalue weighted by Gasteiger charge is -2.26. The van der Waals surface area contributed by atoms with Crippen LogP contribution < -0.4 is 10.1 Å². The molecule has 0 bridgehead atoms. The number of hydrogen-bond acceptors (Lipinski definition) is 6. The van der Waals surface area contributed by atoms with Gasteiger partial charge in [0.1, 0.15) is 5.75 Å². The Morgan fingerprint density at radius 3 is 2.73 bits per heavy atom. The Labute approximate surface area is 183 Å². The fraction of sp³-hybridized carbons (Fsp3) is 0.318. The number of aromatic nitrogens is 1. The first-order valence-corrected chi connectivity index (χ1v) is 11.6. The summed E-state index contributed by atoms with van der Waals surface area (Å²) >= 11 is 2.91. The third-order valence-electron chi connectivity index (χ3n) is 5.00. The number of nitrogens with zero attached hydrogens (tertiary/aromatic N) is 2. The number of ether oxygens (including phenoxy) is 1. The molecule has 0 fully saturated rings. The minimum atomic E-state index is -0.160. The number of carbonyl (C=O) groups is 2. The third kappa shape index (κ3) is 4.71. The first kappa shape index (κ1) is 20.6. The van der Waals surface area contributed by atoms with Gasteiger partial charge in [-0.3, -0.25) is 14.9 Å². The molecule has 6 nitrogen and oxygen atoms in total. The van der Waals surface area contributed by atoms with Crippen molar-refractivity contribution in [3.05, 3.63) is 62.8 Å². The highest BCUT2D eigenvalue weighted by Crippen LogP contribution is 2.29. The number of amides is 2. The third-order valence-corrected chi connectivity index (χ3v) is 6.68. The van der Waals surface area contributed by atoms with E-state index in [4.69, 9.17) is 4.74 Å². The topological polar surface area (TPSA) is 71.5 Å². The normalized spacial score (nSPS) is 13.2. The Morgan fingerprint density at radius 1 is 1.23 bits per heavy atom. The SMILES string of the molecule is CC(C)c1ccc(OCC(=O)N2CCc3nc(NC(=O)c4ccsc4)sc3C2)cc1. The fourth-order valence-electron chi connectivity index (χ4n) is 3.21. The number of anilines is 1. The summed E-state index contributed by atoms with van der Waals surface area (Å²) in [6.45, 7) is 5.39. The van der Waals surface area contributed by atoms with Gasteiger partial charge < -0.3 is 9.64 Å². The van der Waals surface area contributed by atoms with E-state index in [1.807, 2.05) is 29.6 Å². The molecular formula is C22H23N3O3S2. The van der Waals surface area contributed by atoms with Crippen LogP contribution in [0.1, 0.15) is 46.3 Å². The van der Waals surface area contributed by atoms with Gasteiger partial charge in [-0.15, -0.1) is 0 Å². The smallest absolute Gasteiger partial charge is 0.260 e. The summed E-state index contributed by atoms with van der Waals surface area (Å²) in [5, 5.41) is 7.10. The molecule has 1 aliphatic rings. The second-order valence-corrected chi connectivity index (χ2v) is 9.30. The van der Waals surface area contributed by atoms with Crippen LogP contribution in [-0.2, 0) is 17.8 Å². The highest BCUT2D eigenvalue weighted by atomic mass is 32.1. The summed E-state index contributed by atoms with van der Waals surface area (Å²) < 4.78 is 5.68. The van der Waals surface area contributed by atoms with Crippen LogP contribution in [0.15, 0.2) is 41.1 Å². The summed E-state index contributed by atoms with van der Waals surface area (Å²) in [5.74, 6) is 0.947. The predicted molar refractivity (Wildman–Crippen MR) is 120 cm³/mol. The van der Waals surface area contributed by atoms with Crippen molar-refractivity contribution in [1.29, 1.82) is 0 Å². The molecule has 1 aromatic carbocycles. The molecule has 156 valence electrons. The molecule has 0 spiro atoms. The van der Waals surface area contributed by atoms with Gasteiger partial charge in [0.2, 0.25) is 0 Å². The highest BCUT2D eigenvalue weighted by Gasteiger charge is 2.25. The fourth-order valence-corrected chi connectivity index (χ4v) is 4.86. The number of benzene rings is 1. The maximum absolute atomic E-state index is 12.6. The lowest BCUT2D eigenvalue weighted by atomic mass is 10.0. The van der Waals surface area contributed by atoms with E-state index >= 15 is 0 Å². The molecule has 1 N–H and O–H groups in total. The number of hydrogen-bond donors (Lipinski definition) is 1. The van der Waals surface area contributed by atoms with Crippen molar-refractivity contribution in [2.75, 3.05) is 18.5 Å². The standard InChI is InChI=1S/C22H23N3O3S2/c1-14(2)15-3-5-17(6-4-15)28-12-20(26)25-9-7-18-19(11-25)30-22(23-18)24-21(27)16-8-10-29-13-16/h3-6,8,10,13-14H,7,9,11-12H2,1-2H3,(H,23,24,27). The summed E-state index contributed by atoms with van der Waals surface area (Å²) in [6, 6.07) is 9.65. The van der Waals surface area contributed by atoms with Crippen molar-refractivity contribution in [3.63, 3.8) is 0 Å². The first-order chi connectivity index (χ1) is 14.5. The Morgan fingerprint density at radius 2 is 2.03 bits per heavy atom. The van der Waals surface area contributed by atoms with Gasteiger partial charge in [0.15, 0.2) is 11.7 Å². The van der Waals surface area contributed by atoms with Crippen molar-refractivity contribution < 1.29 is 14.3 Å². The molecule has 8 heteroatoms. The van der Waals surface area contributed by atoms with Crippen LogP contribution in [0.3, 0.4) is 0 Å². The van der Waals surface area contributed by atoms with Gasteiger partial charge in [0, 0.05) is 23.2 Å². The molecule has 0 atom stereocenters. The highest BCUT2D eigenvalue weighted by molar-refractivity contribution is 7.16. The van der Waals surface area contributed by atoms with Crippen molar-refractivity contribution in [2.24, 2.45) is 0 Å². The Kier molecular flexibility index (Phi) is 6.15. The van der Waals surface area contributed by atoms with E-state index in [0.29, 0.717) is 41.9 Å². The molecule has 0 aliphatic carbocycles. The molecule has 1 aliphatic heterocycles. The van der Waals surface area contributed by atoms with Crippen LogP contribution in [-0.4, -0.2) is 34.8 Å². The van der Waals surface area contributed by atoms with Gasteiger partial charge in [-0.2, -0.15) is 11.3 Å². The van der Waals surface area contributed by atoms with Crippen molar-refractivity contribution in [1.82, 2.24) is 9.88 Å². The van der Waals surface area contributed by atoms with Crippen molar-refractivity contribution in [2.45, 2.75) is 32.7 Å². The quantitative estimate of drug-likeness (QED) is 0.609. The number of nitrogens with one attached hydrogen (secondary N) is 1. The number of rotatable bonds is 6.